The van der Waals surface area contributed by atoms with E-state index in [1.165, 1.54) is 66.0 Å². The van der Waals surface area contributed by atoms with Crippen LogP contribution in [0.5, 0.6) is 23.0 Å². The predicted octanol–water partition coefficient (Wildman–Crippen LogP) is 13.7. The molecule has 4 heterocycles. The second-order valence-electron chi connectivity index (χ2n) is 15.0. The summed E-state index contributed by atoms with van der Waals surface area (Å²) in [6.07, 6.45) is 0. The van der Waals surface area contributed by atoms with Crippen LogP contribution in [0.15, 0.2) is 133 Å². The first kappa shape index (κ1) is 29.5. The zero-order chi connectivity index (χ0) is 34.8. The van der Waals surface area contributed by atoms with Crippen LogP contribution < -0.4 is 9.47 Å². The van der Waals surface area contributed by atoms with Crippen molar-refractivity contribution in [2.45, 2.75) is 39.5 Å². The van der Waals surface area contributed by atoms with Gasteiger partial charge in [-0.2, -0.15) is 0 Å². The average molecular weight is 673 g/mol. The third-order valence-electron chi connectivity index (χ3n) is 11.2. The van der Waals surface area contributed by atoms with E-state index in [2.05, 4.69) is 158 Å². The SMILES string of the molecule is CC(C)c1ccc2c(c1)Oc1cc(C(C)C)cc3c4cc(-c5cccc(-c6ccc7c(c6)c6cccc8c6n7-c6ccccc6O8)c5)ccc4n-2c13. The number of nitrogens with zero attached hydrogens (tertiary/aromatic N) is 2. The van der Waals surface area contributed by atoms with Crippen molar-refractivity contribution >= 4 is 43.6 Å². The number of hydrogen-bond acceptors (Lipinski definition) is 2. The fourth-order valence-corrected chi connectivity index (χ4v) is 8.52. The number of para-hydroxylation sites is 3. The van der Waals surface area contributed by atoms with Crippen molar-refractivity contribution < 1.29 is 9.47 Å². The van der Waals surface area contributed by atoms with Gasteiger partial charge in [0, 0.05) is 21.5 Å². The van der Waals surface area contributed by atoms with Crippen LogP contribution in [0.1, 0.15) is 50.7 Å². The molecule has 7 aromatic carbocycles. The highest BCUT2D eigenvalue weighted by Gasteiger charge is 2.27. The van der Waals surface area contributed by atoms with Crippen LogP contribution >= 0.6 is 0 Å². The van der Waals surface area contributed by atoms with Gasteiger partial charge in [0.05, 0.1) is 33.4 Å². The van der Waals surface area contributed by atoms with Crippen molar-refractivity contribution in [3.05, 3.63) is 145 Å². The number of fused-ring (bicyclic) bond motifs is 10. The largest absolute Gasteiger partial charge is 0.453 e. The molecule has 4 nitrogen and oxygen atoms in total. The van der Waals surface area contributed by atoms with Crippen LogP contribution in [-0.4, -0.2) is 9.13 Å². The van der Waals surface area contributed by atoms with E-state index in [9.17, 15) is 0 Å². The Bertz CT molecular complexity index is 2980. The average Bonchev–Trinajstić information content (AvgIpc) is 3.69. The Morgan fingerprint density at radius 1 is 0.385 bits per heavy atom. The van der Waals surface area contributed by atoms with Crippen LogP contribution in [0, 0.1) is 0 Å². The lowest BCUT2D eigenvalue weighted by Crippen LogP contribution is -2.05. The molecule has 250 valence electrons. The first-order valence-corrected chi connectivity index (χ1v) is 18.3. The summed E-state index contributed by atoms with van der Waals surface area (Å²) < 4.78 is 17.8. The second-order valence-corrected chi connectivity index (χ2v) is 15.0. The van der Waals surface area contributed by atoms with Gasteiger partial charge in [0.25, 0.3) is 0 Å². The highest BCUT2D eigenvalue weighted by atomic mass is 16.5. The van der Waals surface area contributed by atoms with Gasteiger partial charge >= 0.3 is 0 Å². The zero-order valence-electron chi connectivity index (χ0n) is 29.6. The quantitative estimate of drug-likeness (QED) is 0.186. The van der Waals surface area contributed by atoms with Crippen molar-refractivity contribution in [2.75, 3.05) is 0 Å². The van der Waals surface area contributed by atoms with E-state index < -0.39 is 0 Å². The van der Waals surface area contributed by atoms with Crippen LogP contribution in [0.25, 0.3) is 77.2 Å². The molecule has 2 aromatic heterocycles. The number of hydrogen-bond donors (Lipinski definition) is 0. The molecule has 0 fully saturated rings. The van der Waals surface area contributed by atoms with E-state index in [-0.39, 0.29) is 0 Å². The van der Waals surface area contributed by atoms with Crippen LogP contribution in [0.2, 0.25) is 0 Å². The lowest BCUT2D eigenvalue weighted by molar-refractivity contribution is 0.474. The van der Waals surface area contributed by atoms with Gasteiger partial charge in [-0.05, 0) is 118 Å². The van der Waals surface area contributed by atoms with Gasteiger partial charge in [-0.3, -0.25) is 0 Å². The minimum atomic E-state index is 0.379. The molecular formula is C48H36N2O2. The normalized spacial score (nSPS) is 12.9. The Balaban J connectivity index is 1.06. The molecule has 0 aliphatic carbocycles. The molecule has 0 atom stereocenters. The third-order valence-corrected chi connectivity index (χ3v) is 11.2. The van der Waals surface area contributed by atoms with Gasteiger partial charge in [0.15, 0.2) is 23.0 Å². The summed E-state index contributed by atoms with van der Waals surface area (Å²) in [6.45, 7) is 8.98. The molecule has 0 unspecified atom stereocenters. The zero-order valence-corrected chi connectivity index (χ0v) is 29.6. The first-order valence-electron chi connectivity index (χ1n) is 18.3. The summed E-state index contributed by atoms with van der Waals surface area (Å²) >= 11 is 0. The van der Waals surface area contributed by atoms with E-state index in [4.69, 9.17) is 9.47 Å². The fraction of sp³-hybridized carbons (Fsp3) is 0.125. The molecule has 2 aliphatic heterocycles. The molecule has 2 aliphatic rings. The molecule has 0 spiro atoms. The van der Waals surface area contributed by atoms with E-state index in [0.29, 0.717) is 11.8 Å². The molecule has 0 saturated heterocycles. The van der Waals surface area contributed by atoms with E-state index in [0.717, 1.165) is 45.4 Å². The number of aromatic nitrogens is 2. The Hall–Kier alpha value is -6.26. The van der Waals surface area contributed by atoms with Crippen molar-refractivity contribution in [2.24, 2.45) is 0 Å². The minimum absolute atomic E-state index is 0.379. The van der Waals surface area contributed by atoms with Gasteiger partial charge < -0.3 is 18.6 Å². The summed E-state index contributed by atoms with van der Waals surface area (Å²) in [7, 11) is 0. The maximum Gasteiger partial charge on any atom is 0.152 e. The number of ether oxygens (including phenoxy) is 2. The van der Waals surface area contributed by atoms with Gasteiger partial charge in [-0.15, -0.1) is 0 Å². The van der Waals surface area contributed by atoms with Crippen LogP contribution in [0.3, 0.4) is 0 Å². The first-order chi connectivity index (χ1) is 25.4. The molecule has 0 radical (unpaired) electrons. The topological polar surface area (TPSA) is 28.3 Å². The Morgan fingerprint density at radius 2 is 0.962 bits per heavy atom. The van der Waals surface area contributed by atoms with Gasteiger partial charge in [0.2, 0.25) is 0 Å². The molecule has 9 aromatic rings. The second kappa shape index (κ2) is 10.6. The van der Waals surface area contributed by atoms with Crippen LogP contribution in [-0.2, 0) is 0 Å². The third kappa shape index (κ3) is 4.09. The summed E-state index contributed by atoms with van der Waals surface area (Å²) in [5.41, 5.74) is 14.2. The Kier molecular flexibility index (Phi) is 6.02. The van der Waals surface area contributed by atoms with Crippen molar-refractivity contribution in [1.82, 2.24) is 9.13 Å². The summed E-state index contributed by atoms with van der Waals surface area (Å²) in [5, 5.41) is 4.89. The summed E-state index contributed by atoms with van der Waals surface area (Å²) in [6, 6.07) is 48.7. The van der Waals surface area contributed by atoms with E-state index >= 15 is 0 Å². The van der Waals surface area contributed by atoms with Gasteiger partial charge in [-0.1, -0.05) is 88.4 Å². The van der Waals surface area contributed by atoms with Gasteiger partial charge in [0.1, 0.15) is 0 Å². The van der Waals surface area contributed by atoms with Crippen molar-refractivity contribution in [3.8, 4) is 56.6 Å². The van der Waals surface area contributed by atoms with Crippen molar-refractivity contribution in [1.29, 1.82) is 0 Å². The molecule has 52 heavy (non-hydrogen) atoms. The molecule has 0 saturated carbocycles. The smallest absolute Gasteiger partial charge is 0.152 e. The van der Waals surface area contributed by atoms with Gasteiger partial charge in [-0.25, -0.2) is 0 Å². The molecule has 11 rings (SSSR count). The summed E-state index contributed by atoms with van der Waals surface area (Å²) in [5.74, 6) is 4.44. The van der Waals surface area contributed by atoms with Crippen molar-refractivity contribution in [3.63, 3.8) is 0 Å². The fourth-order valence-electron chi connectivity index (χ4n) is 8.52. The van der Waals surface area contributed by atoms with Crippen LogP contribution in [0.4, 0.5) is 0 Å². The monoisotopic (exact) mass is 672 g/mol. The predicted molar refractivity (Wildman–Crippen MR) is 214 cm³/mol. The highest BCUT2D eigenvalue weighted by molar-refractivity contribution is 6.14. The lowest BCUT2D eigenvalue weighted by Gasteiger charge is -2.23. The summed E-state index contributed by atoms with van der Waals surface area (Å²) in [4.78, 5) is 0. The Labute approximate surface area is 302 Å². The number of rotatable bonds is 4. The standard InChI is InChI=1S/C48H36N2O2/c1-27(2)29-15-20-42-45(25-29)52-46-26-34(28(3)4)24-38-37-23-33(17-19-40(37)50(42)48(38)46)31-10-7-9-30(21-31)32-16-18-39-36(22-32)35-11-8-14-44-47(35)49(39)41-12-5-6-13-43(41)51-44/h5-28H,1-4H3. The molecule has 0 bridgehead atoms. The molecular weight excluding hydrogens is 637 g/mol. The molecule has 0 N–H and O–H groups in total. The lowest BCUT2D eigenvalue weighted by atomic mass is 9.96. The Morgan fingerprint density at radius 3 is 1.69 bits per heavy atom. The molecule has 4 heteroatoms. The molecule has 0 amide bonds. The number of benzene rings is 7. The van der Waals surface area contributed by atoms with E-state index in [1.54, 1.807) is 0 Å². The minimum Gasteiger partial charge on any atom is -0.453 e. The maximum absolute atomic E-state index is 6.70. The van der Waals surface area contributed by atoms with E-state index in [1.807, 2.05) is 12.1 Å². The highest BCUT2D eigenvalue weighted by Crippen LogP contribution is 2.49. The maximum atomic E-state index is 6.70.